The lowest BCUT2D eigenvalue weighted by molar-refractivity contribution is -0.123. The molecule has 23 heavy (non-hydrogen) atoms. The van der Waals surface area contributed by atoms with Crippen LogP contribution >= 0.6 is 11.3 Å². The Hall–Kier alpha value is -1.40. The first-order valence-corrected chi connectivity index (χ1v) is 9.10. The Morgan fingerprint density at radius 1 is 1.26 bits per heavy atom. The van der Waals surface area contributed by atoms with E-state index in [1.165, 1.54) is 4.88 Å². The lowest BCUT2D eigenvalue weighted by Crippen LogP contribution is -2.51. The highest BCUT2D eigenvalue weighted by molar-refractivity contribution is 7.12. The zero-order valence-corrected chi connectivity index (χ0v) is 15.3. The van der Waals surface area contributed by atoms with E-state index in [2.05, 4.69) is 17.1 Å². The maximum atomic E-state index is 12.6. The van der Waals surface area contributed by atoms with Gasteiger partial charge in [0.05, 0.1) is 12.1 Å². The highest BCUT2D eigenvalue weighted by Gasteiger charge is 2.25. The molecule has 0 aliphatic carbocycles. The first-order chi connectivity index (χ1) is 10.9. The maximum absolute atomic E-state index is 12.6. The van der Waals surface area contributed by atoms with Crippen molar-refractivity contribution in [3.63, 3.8) is 0 Å². The molecule has 0 saturated carbocycles. The molecule has 1 saturated heterocycles. The predicted molar refractivity (Wildman–Crippen MR) is 94.0 cm³/mol. The molecule has 0 radical (unpaired) electrons. The Labute approximate surface area is 142 Å². The van der Waals surface area contributed by atoms with Crippen molar-refractivity contribution in [2.24, 2.45) is 0 Å². The number of carbonyl (C=O) groups excluding carboxylic acids is 2. The molecule has 2 rings (SSSR count). The molecule has 128 valence electrons. The smallest absolute Gasteiger partial charge is 0.255 e. The third-order valence-corrected chi connectivity index (χ3v) is 5.28. The van der Waals surface area contributed by atoms with Crippen molar-refractivity contribution in [2.45, 2.75) is 40.2 Å². The summed E-state index contributed by atoms with van der Waals surface area (Å²) in [7, 11) is 0. The summed E-state index contributed by atoms with van der Waals surface area (Å²) in [6.45, 7) is 11.4. The number of piperazine rings is 1. The van der Waals surface area contributed by atoms with Crippen LogP contribution in [0.25, 0.3) is 0 Å². The van der Waals surface area contributed by atoms with Gasteiger partial charge in [0.25, 0.3) is 5.91 Å². The number of carbonyl (C=O) groups is 2. The van der Waals surface area contributed by atoms with Crippen LogP contribution in [-0.4, -0.2) is 60.4 Å². The number of nitrogens with one attached hydrogen (secondary N) is 1. The number of amides is 2. The lowest BCUT2D eigenvalue weighted by atomic mass is 10.2. The summed E-state index contributed by atoms with van der Waals surface area (Å²) in [5, 5.41) is 2.99. The molecule has 0 aromatic carbocycles. The van der Waals surface area contributed by atoms with Crippen LogP contribution in [-0.2, 0) is 4.79 Å². The average molecular weight is 337 g/mol. The van der Waals surface area contributed by atoms with E-state index in [9.17, 15) is 9.59 Å². The zero-order chi connectivity index (χ0) is 17.0. The monoisotopic (exact) mass is 337 g/mol. The van der Waals surface area contributed by atoms with Crippen molar-refractivity contribution in [3.8, 4) is 0 Å². The van der Waals surface area contributed by atoms with Crippen molar-refractivity contribution >= 4 is 23.2 Å². The summed E-state index contributed by atoms with van der Waals surface area (Å²) in [5.41, 5.74) is 0.829. The van der Waals surface area contributed by atoms with Crippen molar-refractivity contribution < 1.29 is 9.59 Å². The molecule has 1 unspecified atom stereocenters. The Bertz CT molecular complexity index is 562. The number of rotatable bonds is 5. The fourth-order valence-electron chi connectivity index (χ4n) is 2.75. The highest BCUT2D eigenvalue weighted by atomic mass is 32.1. The molecule has 1 aromatic heterocycles. The van der Waals surface area contributed by atoms with Crippen LogP contribution in [0.5, 0.6) is 0 Å². The molecule has 0 spiro atoms. The summed E-state index contributed by atoms with van der Waals surface area (Å²) in [4.78, 5) is 30.8. The third kappa shape index (κ3) is 4.78. The van der Waals surface area contributed by atoms with Crippen LogP contribution in [0.2, 0.25) is 0 Å². The summed E-state index contributed by atoms with van der Waals surface area (Å²) < 4.78 is 0. The quantitative estimate of drug-likeness (QED) is 0.894. The molecule has 1 aliphatic rings. The van der Waals surface area contributed by atoms with Gasteiger partial charge >= 0.3 is 0 Å². The van der Waals surface area contributed by atoms with Crippen LogP contribution in [0.1, 0.15) is 40.4 Å². The molecule has 1 aromatic rings. The Balaban J connectivity index is 1.83. The number of thiophene rings is 1. The second kappa shape index (κ2) is 7.93. The van der Waals surface area contributed by atoms with E-state index >= 15 is 0 Å². The fourth-order valence-corrected chi connectivity index (χ4v) is 3.66. The average Bonchev–Trinajstić information content (AvgIpc) is 2.85. The number of aryl methyl sites for hydroxylation is 2. The van der Waals surface area contributed by atoms with Gasteiger partial charge in [-0.25, -0.2) is 0 Å². The van der Waals surface area contributed by atoms with Gasteiger partial charge in [0.2, 0.25) is 5.91 Å². The van der Waals surface area contributed by atoms with Crippen molar-refractivity contribution in [1.29, 1.82) is 0 Å². The van der Waals surface area contributed by atoms with Gasteiger partial charge in [-0.05, 0) is 33.3 Å². The van der Waals surface area contributed by atoms with Gasteiger partial charge in [-0.1, -0.05) is 6.92 Å². The predicted octanol–water partition coefficient (Wildman–Crippen LogP) is 2.04. The minimum absolute atomic E-state index is 0.0726. The van der Waals surface area contributed by atoms with E-state index in [4.69, 9.17) is 0 Å². The molecule has 2 amide bonds. The molecule has 0 bridgehead atoms. The van der Waals surface area contributed by atoms with E-state index in [1.807, 2.05) is 31.7 Å². The largest absolute Gasteiger partial charge is 0.353 e. The van der Waals surface area contributed by atoms with Crippen LogP contribution in [0.3, 0.4) is 0 Å². The van der Waals surface area contributed by atoms with E-state index in [-0.39, 0.29) is 17.9 Å². The molecule has 1 fully saturated rings. The standard InChI is InChI=1S/C17H27N3O2S/c1-5-12(2)18-16(21)11-19-6-8-20(9-7-19)17(22)15-10-13(3)23-14(15)4/h10,12H,5-9,11H2,1-4H3,(H,18,21). The Kier molecular flexibility index (Phi) is 6.18. The summed E-state index contributed by atoms with van der Waals surface area (Å²) >= 11 is 1.67. The molecule has 1 N–H and O–H groups in total. The molecule has 5 nitrogen and oxygen atoms in total. The van der Waals surface area contributed by atoms with Crippen molar-refractivity contribution in [1.82, 2.24) is 15.1 Å². The van der Waals surface area contributed by atoms with Crippen molar-refractivity contribution in [3.05, 3.63) is 21.4 Å². The van der Waals surface area contributed by atoms with Gasteiger partial charge in [-0.15, -0.1) is 11.3 Å². The Morgan fingerprint density at radius 3 is 2.43 bits per heavy atom. The molecular weight excluding hydrogens is 310 g/mol. The van der Waals surface area contributed by atoms with Gasteiger partial charge in [-0.2, -0.15) is 0 Å². The van der Waals surface area contributed by atoms with Crippen LogP contribution in [0, 0.1) is 13.8 Å². The number of hydrogen-bond acceptors (Lipinski definition) is 4. The van der Waals surface area contributed by atoms with E-state index < -0.39 is 0 Å². The molecule has 1 aliphatic heterocycles. The van der Waals surface area contributed by atoms with Crippen LogP contribution in [0.15, 0.2) is 6.07 Å². The second-order valence-corrected chi connectivity index (χ2v) is 7.73. The molecular formula is C17H27N3O2S. The van der Waals surface area contributed by atoms with Crippen LogP contribution in [0.4, 0.5) is 0 Å². The van der Waals surface area contributed by atoms with Gasteiger partial charge in [0, 0.05) is 42.0 Å². The second-order valence-electron chi connectivity index (χ2n) is 6.27. The molecule has 2 heterocycles. The van der Waals surface area contributed by atoms with Crippen molar-refractivity contribution in [2.75, 3.05) is 32.7 Å². The van der Waals surface area contributed by atoms with Gasteiger partial charge in [0.1, 0.15) is 0 Å². The SMILES string of the molecule is CCC(C)NC(=O)CN1CCN(C(=O)c2cc(C)sc2C)CC1. The zero-order valence-electron chi connectivity index (χ0n) is 14.5. The first-order valence-electron chi connectivity index (χ1n) is 8.28. The number of nitrogens with zero attached hydrogens (tertiary/aromatic N) is 2. The van der Waals surface area contributed by atoms with E-state index in [0.29, 0.717) is 19.6 Å². The third-order valence-electron chi connectivity index (χ3n) is 4.32. The summed E-state index contributed by atoms with van der Waals surface area (Å²) in [6, 6.07) is 2.20. The maximum Gasteiger partial charge on any atom is 0.255 e. The summed E-state index contributed by atoms with van der Waals surface area (Å²) in [5.74, 6) is 0.194. The topological polar surface area (TPSA) is 52.7 Å². The molecule has 6 heteroatoms. The minimum Gasteiger partial charge on any atom is -0.353 e. The molecule has 1 atom stereocenters. The van der Waals surface area contributed by atoms with E-state index in [0.717, 1.165) is 30.0 Å². The summed E-state index contributed by atoms with van der Waals surface area (Å²) in [6.07, 6.45) is 0.938. The van der Waals surface area contributed by atoms with E-state index in [1.54, 1.807) is 11.3 Å². The number of hydrogen-bond donors (Lipinski definition) is 1. The Morgan fingerprint density at radius 2 is 1.91 bits per heavy atom. The van der Waals surface area contributed by atoms with Gasteiger partial charge in [0.15, 0.2) is 0 Å². The minimum atomic E-state index is 0.0726. The van der Waals surface area contributed by atoms with Gasteiger partial charge < -0.3 is 10.2 Å². The first kappa shape index (κ1) is 17.9. The lowest BCUT2D eigenvalue weighted by Gasteiger charge is -2.34. The fraction of sp³-hybridized carbons (Fsp3) is 0.647. The highest BCUT2D eigenvalue weighted by Crippen LogP contribution is 2.22. The normalized spacial score (nSPS) is 17.1. The van der Waals surface area contributed by atoms with Crippen LogP contribution < -0.4 is 5.32 Å². The van der Waals surface area contributed by atoms with Gasteiger partial charge in [-0.3, -0.25) is 14.5 Å².